The fourth-order valence-electron chi connectivity index (χ4n) is 1.99. The van der Waals surface area contributed by atoms with Crippen LogP contribution in [-0.2, 0) is 6.54 Å². The summed E-state index contributed by atoms with van der Waals surface area (Å²) in [5.41, 5.74) is 11.0. The van der Waals surface area contributed by atoms with Gasteiger partial charge >= 0.3 is 0 Å². The van der Waals surface area contributed by atoms with Crippen LogP contribution in [0.2, 0.25) is 0 Å². The number of halogens is 1. The minimum absolute atomic E-state index is 0. The Kier molecular flexibility index (Phi) is 8.06. The third-order valence-electron chi connectivity index (χ3n) is 2.94. The van der Waals surface area contributed by atoms with Gasteiger partial charge in [0.05, 0.1) is 6.54 Å². The van der Waals surface area contributed by atoms with Crippen LogP contribution in [0.1, 0.15) is 36.1 Å². The number of aryl methyl sites for hydroxylation is 3. The molecule has 0 aliphatic rings. The van der Waals surface area contributed by atoms with Crippen molar-refractivity contribution in [3.63, 3.8) is 0 Å². The first-order chi connectivity index (χ1) is 8.40. The van der Waals surface area contributed by atoms with E-state index in [4.69, 9.17) is 5.73 Å². The highest BCUT2D eigenvalue weighted by Gasteiger charge is 2.03. The number of rotatable bonds is 4. The van der Waals surface area contributed by atoms with Gasteiger partial charge in [-0.2, -0.15) is 0 Å². The van der Waals surface area contributed by atoms with Crippen molar-refractivity contribution in [1.82, 2.24) is 5.32 Å². The third kappa shape index (κ3) is 6.27. The van der Waals surface area contributed by atoms with Gasteiger partial charge in [-0.1, -0.05) is 31.5 Å². The maximum atomic E-state index is 5.84. The first kappa shape index (κ1) is 18.2. The summed E-state index contributed by atoms with van der Waals surface area (Å²) < 4.78 is 0. The van der Waals surface area contributed by atoms with Gasteiger partial charge in [-0.15, -0.1) is 24.0 Å². The van der Waals surface area contributed by atoms with Crippen LogP contribution >= 0.6 is 24.0 Å². The van der Waals surface area contributed by atoms with Crippen LogP contribution < -0.4 is 11.1 Å². The van der Waals surface area contributed by atoms with Crippen molar-refractivity contribution >= 4 is 29.9 Å². The van der Waals surface area contributed by atoms with Gasteiger partial charge in [0.15, 0.2) is 5.96 Å². The Morgan fingerprint density at radius 3 is 2.21 bits per heavy atom. The largest absolute Gasteiger partial charge is 0.370 e. The molecule has 0 saturated heterocycles. The number of hydrogen-bond acceptors (Lipinski definition) is 1. The van der Waals surface area contributed by atoms with E-state index in [2.05, 4.69) is 57.1 Å². The number of nitrogens with zero attached hydrogens (tertiary/aromatic N) is 1. The third-order valence-corrected chi connectivity index (χ3v) is 2.94. The van der Waals surface area contributed by atoms with E-state index >= 15 is 0 Å². The summed E-state index contributed by atoms with van der Waals surface area (Å²) in [5.74, 6) is 1.10. The molecular weight excluding hydrogens is 349 g/mol. The van der Waals surface area contributed by atoms with Gasteiger partial charge in [-0.3, -0.25) is 0 Å². The van der Waals surface area contributed by atoms with E-state index in [0.29, 0.717) is 18.4 Å². The molecule has 0 saturated carbocycles. The molecule has 3 nitrogen and oxygen atoms in total. The lowest BCUT2D eigenvalue weighted by molar-refractivity contribution is 0.622. The van der Waals surface area contributed by atoms with Crippen LogP contribution in [-0.4, -0.2) is 12.5 Å². The zero-order valence-corrected chi connectivity index (χ0v) is 14.9. The monoisotopic (exact) mass is 375 g/mol. The number of benzene rings is 1. The Bertz CT molecular complexity index is 416. The Morgan fingerprint density at radius 2 is 1.74 bits per heavy atom. The second-order valence-electron chi connectivity index (χ2n) is 5.35. The first-order valence-corrected chi connectivity index (χ1v) is 6.50. The molecule has 0 amide bonds. The summed E-state index contributed by atoms with van der Waals surface area (Å²) in [7, 11) is 0. The van der Waals surface area contributed by atoms with Gasteiger partial charge in [0.1, 0.15) is 0 Å². The number of nitrogens with one attached hydrogen (secondary N) is 1. The summed E-state index contributed by atoms with van der Waals surface area (Å²) in [6, 6.07) is 4.38. The molecule has 0 aliphatic heterocycles. The highest BCUT2D eigenvalue weighted by molar-refractivity contribution is 14.0. The lowest BCUT2D eigenvalue weighted by Crippen LogP contribution is -2.34. The molecule has 4 heteroatoms. The zero-order chi connectivity index (χ0) is 13.7. The van der Waals surface area contributed by atoms with Gasteiger partial charge in [0.2, 0.25) is 0 Å². The molecule has 0 spiro atoms. The van der Waals surface area contributed by atoms with E-state index in [0.717, 1.165) is 6.54 Å². The summed E-state index contributed by atoms with van der Waals surface area (Å²) in [4.78, 5) is 4.40. The summed E-state index contributed by atoms with van der Waals surface area (Å²) in [6.07, 6.45) is 0. The molecule has 0 aliphatic carbocycles. The van der Waals surface area contributed by atoms with Crippen molar-refractivity contribution in [3.05, 3.63) is 34.4 Å². The van der Waals surface area contributed by atoms with Crippen molar-refractivity contribution in [2.45, 2.75) is 41.2 Å². The predicted molar refractivity (Wildman–Crippen MR) is 94.2 cm³/mol. The Balaban J connectivity index is 0.00000324. The average Bonchev–Trinajstić information content (AvgIpc) is 2.24. The van der Waals surface area contributed by atoms with Crippen LogP contribution in [0.3, 0.4) is 0 Å². The van der Waals surface area contributed by atoms with Gasteiger partial charge in [-0.25, -0.2) is 4.99 Å². The second-order valence-corrected chi connectivity index (χ2v) is 5.35. The number of hydrogen-bond donors (Lipinski definition) is 2. The Hall–Kier alpha value is -0.780. The summed E-state index contributed by atoms with van der Waals surface area (Å²) >= 11 is 0. The molecule has 0 fully saturated rings. The molecule has 108 valence electrons. The average molecular weight is 375 g/mol. The molecule has 1 aromatic carbocycles. The Morgan fingerprint density at radius 1 is 1.21 bits per heavy atom. The van der Waals surface area contributed by atoms with Crippen LogP contribution in [0, 0.1) is 26.7 Å². The fourth-order valence-corrected chi connectivity index (χ4v) is 1.99. The molecule has 0 atom stereocenters. The van der Waals surface area contributed by atoms with E-state index in [9.17, 15) is 0 Å². The standard InChI is InChI=1S/C15H25N3.HI/c1-10(2)8-17-15(16)18-9-14-12(4)6-11(3)7-13(14)5;/h6-7,10H,8-9H2,1-5H3,(H3,16,17,18);1H. The van der Waals surface area contributed by atoms with Gasteiger partial charge < -0.3 is 11.1 Å². The lowest BCUT2D eigenvalue weighted by atomic mass is 10.00. The quantitative estimate of drug-likeness (QED) is 0.482. The molecule has 0 aromatic heterocycles. The SMILES string of the molecule is Cc1cc(C)c(CN=C(N)NCC(C)C)c(C)c1.I. The molecule has 0 unspecified atom stereocenters. The summed E-state index contributed by atoms with van der Waals surface area (Å²) in [6.45, 7) is 12.2. The van der Waals surface area contributed by atoms with Crippen LogP contribution in [0.5, 0.6) is 0 Å². The molecule has 1 rings (SSSR count). The highest BCUT2D eigenvalue weighted by atomic mass is 127. The molecule has 3 N–H and O–H groups in total. The molecule has 1 aromatic rings. The van der Waals surface area contributed by atoms with Crippen molar-refractivity contribution in [3.8, 4) is 0 Å². The highest BCUT2D eigenvalue weighted by Crippen LogP contribution is 2.17. The van der Waals surface area contributed by atoms with Crippen LogP contribution in [0.25, 0.3) is 0 Å². The topological polar surface area (TPSA) is 50.4 Å². The molecule has 19 heavy (non-hydrogen) atoms. The molecule has 0 heterocycles. The second kappa shape index (κ2) is 8.40. The van der Waals surface area contributed by atoms with Crippen LogP contribution in [0.4, 0.5) is 0 Å². The first-order valence-electron chi connectivity index (χ1n) is 6.50. The van der Waals surface area contributed by atoms with E-state index < -0.39 is 0 Å². The number of guanidine groups is 1. The van der Waals surface area contributed by atoms with E-state index in [1.54, 1.807) is 0 Å². The minimum atomic E-state index is 0. The maximum Gasteiger partial charge on any atom is 0.188 e. The van der Waals surface area contributed by atoms with Crippen molar-refractivity contribution in [1.29, 1.82) is 0 Å². The predicted octanol–water partition coefficient (Wildman–Crippen LogP) is 3.29. The zero-order valence-electron chi connectivity index (χ0n) is 12.6. The fraction of sp³-hybridized carbons (Fsp3) is 0.533. The molecular formula is C15H26IN3. The van der Waals surface area contributed by atoms with E-state index in [1.165, 1.54) is 22.3 Å². The van der Waals surface area contributed by atoms with Gasteiger partial charge in [-0.05, 0) is 43.4 Å². The smallest absolute Gasteiger partial charge is 0.188 e. The van der Waals surface area contributed by atoms with Crippen LogP contribution in [0.15, 0.2) is 17.1 Å². The summed E-state index contributed by atoms with van der Waals surface area (Å²) in [5, 5.41) is 3.13. The maximum absolute atomic E-state index is 5.84. The van der Waals surface area contributed by atoms with E-state index in [1.807, 2.05) is 0 Å². The molecule has 0 radical (unpaired) electrons. The number of nitrogens with two attached hydrogens (primary N) is 1. The van der Waals surface area contributed by atoms with Crippen molar-refractivity contribution in [2.75, 3.05) is 6.54 Å². The normalized spacial score (nSPS) is 11.4. The number of aliphatic imine (C=N–C) groups is 1. The lowest BCUT2D eigenvalue weighted by Gasteiger charge is -2.11. The molecule has 0 bridgehead atoms. The van der Waals surface area contributed by atoms with Crippen molar-refractivity contribution < 1.29 is 0 Å². The minimum Gasteiger partial charge on any atom is -0.370 e. The van der Waals surface area contributed by atoms with Gasteiger partial charge in [0, 0.05) is 6.54 Å². The van der Waals surface area contributed by atoms with Crippen molar-refractivity contribution in [2.24, 2.45) is 16.6 Å². The Labute approximate surface area is 134 Å². The van der Waals surface area contributed by atoms with Gasteiger partial charge in [0.25, 0.3) is 0 Å². The van der Waals surface area contributed by atoms with E-state index in [-0.39, 0.29) is 24.0 Å².